The number of hydrogen-bond acceptors (Lipinski definition) is 5. The molecule has 1 N–H and O–H groups in total. The third kappa shape index (κ3) is 3.44. The first-order valence-corrected chi connectivity index (χ1v) is 8.89. The van der Waals surface area contributed by atoms with Gasteiger partial charge in [-0.05, 0) is 19.3 Å². The predicted octanol–water partition coefficient (Wildman–Crippen LogP) is -0.0318. The average molecular weight is 346 g/mol. The van der Waals surface area contributed by atoms with E-state index in [1.807, 2.05) is 4.90 Å². The molecule has 1 atom stereocenters. The fourth-order valence-corrected chi connectivity index (χ4v) is 3.42. The molecule has 2 saturated heterocycles. The first kappa shape index (κ1) is 16.3. The van der Waals surface area contributed by atoms with Crippen LogP contribution in [-0.4, -0.2) is 71.0 Å². The molecule has 0 radical (unpaired) electrons. The summed E-state index contributed by atoms with van der Waals surface area (Å²) in [7, 11) is 0. The molecule has 3 aliphatic rings. The third-order valence-electron chi connectivity index (χ3n) is 5.10. The van der Waals surface area contributed by atoms with E-state index in [1.165, 1.54) is 6.07 Å². The molecular formula is C17H22N4O4. The van der Waals surface area contributed by atoms with E-state index in [-0.39, 0.29) is 34.9 Å². The van der Waals surface area contributed by atoms with Gasteiger partial charge in [-0.2, -0.15) is 0 Å². The molecule has 1 aromatic heterocycles. The van der Waals surface area contributed by atoms with Gasteiger partial charge in [-0.3, -0.25) is 14.4 Å². The minimum absolute atomic E-state index is 0.0438. The smallest absolute Gasteiger partial charge is 0.272 e. The molecule has 0 unspecified atom stereocenters. The van der Waals surface area contributed by atoms with Crippen LogP contribution in [0.4, 0.5) is 0 Å². The Morgan fingerprint density at radius 3 is 2.48 bits per heavy atom. The zero-order valence-corrected chi connectivity index (χ0v) is 14.1. The number of aromatic amines is 1. The molecule has 2 amide bonds. The van der Waals surface area contributed by atoms with Crippen molar-refractivity contribution in [2.45, 2.75) is 25.2 Å². The highest BCUT2D eigenvalue weighted by Gasteiger charge is 2.32. The van der Waals surface area contributed by atoms with E-state index in [9.17, 15) is 14.4 Å². The van der Waals surface area contributed by atoms with Crippen molar-refractivity contribution in [3.63, 3.8) is 0 Å². The van der Waals surface area contributed by atoms with Crippen molar-refractivity contribution in [1.29, 1.82) is 0 Å². The highest BCUT2D eigenvalue weighted by Crippen LogP contribution is 2.37. The summed E-state index contributed by atoms with van der Waals surface area (Å²) in [6.07, 6.45) is 2.79. The lowest BCUT2D eigenvalue weighted by atomic mass is 10.1. The lowest BCUT2D eigenvalue weighted by Crippen LogP contribution is -2.52. The summed E-state index contributed by atoms with van der Waals surface area (Å²) in [5.74, 6) is 0.742. The van der Waals surface area contributed by atoms with Crippen LogP contribution >= 0.6 is 0 Å². The topological polar surface area (TPSA) is 95.6 Å². The SMILES string of the molecule is O=C(c1cc(=O)[nH]c(C2CC2)n1)N1CCN(C(=O)[C@@H]2CCOC2)CC1. The molecule has 0 spiro atoms. The van der Waals surface area contributed by atoms with Crippen molar-refractivity contribution in [2.75, 3.05) is 39.4 Å². The maximum atomic E-state index is 12.7. The van der Waals surface area contributed by atoms with Crippen molar-refractivity contribution < 1.29 is 14.3 Å². The number of amides is 2. The Hall–Kier alpha value is -2.22. The number of carbonyl (C=O) groups is 2. The van der Waals surface area contributed by atoms with Crippen LogP contribution in [0, 0.1) is 5.92 Å². The molecule has 0 bridgehead atoms. The van der Waals surface area contributed by atoms with Gasteiger partial charge in [-0.25, -0.2) is 4.98 Å². The molecular weight excluding hydrogens is 324 g/mol. The monoisotopic (exact) mass is 346 g/mol. The van der Waals surface area contributed by atoms with Gasteiger partial charge in [0.2, 0.25) is 5.91 Å². The maximum absolute atomic E-state index is 12.7. The van der Waals surface area contributed by atoms with Crippen molar-refractivity contribution in [3.05, 3.63) is 27.9 Å². The van der Waals surface area contributed by atoms with Gasteiger partial charge in [0.05, 0.1) is 12.5 Å². The highest BCUT2D eigenvalue weighted by molar-refractivity contribution is 5.92. The van der Waals surface area contributed by atoms with Crippen LogP contribution < -0.4 is 5.56 Å². The van der Waals surface area contributed by atoms with Crippen molar-refractivity contribution in [1.82, 2.24) is 19.8 Å². The van der Waals surface area contributed by atoms with Gasteiger partial charge in [0.15, 0.2) is 0 Å². The second-order valence-corrected chi connectivity index (χ2v) is 6.97. The van der Waals surface area contributed by atoms with E-state index >= 15 is 0 Å². The fraction of sp³-hybridized carbons (Fsp3) is 0.647. The van der Waals surface area contributed by atoms with Crippen LogP contribution in [-0.2, 0) is 9.53 Å². The van der Waals surface area contributed by atoms with Crippen molar-refractivity contribution in [2.24, 2.45) is 5.92 Å². The highest BCUT2D eigenvalue weighted by atomic mass is 16.5. The number of carbonyl (C=O) groups excluding carboxylic acids is 2. The number of aromatic nitrogens is 2. The fourth-order valence-electron chi connectivity index (χ4n) is 3.42. The Morgan fingerprint density at radius 2 is 1.84 bits per heavy atom. The number of piperazine rings is 1. The quantitative estimate of drug-likeness (QED) is 0.829. The standard InChI is InChI=1S/C17H22N4O4/c22-14-9-13(18-15(19-14)11-1-2-11)17(24)21-6-4-20(5-7-21)16(23)12-3-8-25-10-12/h9,11-12H,1-8,10H2,(H,18,19,22)/t12-/m1/s1. The van der Waals surface area contributed by atoms with Gasteiger partial charge in [0, 0.05) is 44.8 Å². The second-order valence-electron chi connectivity index (χ2n) is 6.97. The Kier molecular flexibility index (Phi) is 4.29. The van der Waals surface area contributed by atoms with Gasteiger partial charge >= 0.3 is 0 Å². The minimum atomic E-state index is -0.282. The maximum Gasteiger partial charge on any atom is 0.272 e. The molecule has 4 rings (SSSR count). The van der Waals surface area contributed by atoms with Gasteiger partial charge in [0.25, 0.3) is 11.5 Å². The van der Waals surface area contributed by atoms with Gasteiger partial charge in [-0.15, -0.1) is 0 Å². The number of rotatable bonds is 3. The van der Waals surface area contributed by atoms with Crippen LogP contribution in [0.5, 0.6) is 0 Å². The molecule has 1 aliphatic carbocycles. The molecule has 1 aromatic rings. The third-order valence-corrected chi connectivity index (χ3v) is 5.10. The first-order valence-electron chi connectivity index (χ1n) is 8.89. The molecule has 8 nitrogen and oxygen atoms in total. The molecule has 0 aromatic carbocycles. The molecule has 1 saturated carbocycles. The predicted molar refractivity (Wildman–Crippen MR) is 88.2 cm³/mol. The normalized spacial score (nSPS) is 23.8. The molecule has 25 heavy (non-hydrogen) atoms. The molecule has 2 aliphatic heterocycles. The number of nitrogens with zero attached hydrogens (tertiary/aromatic N) is 3. The Balaban J connectivity index is 1.39. The van der Waals surface area contributed by atoms with E-state index in [2.05, 4.69) is 9.97 Å². The minimum Gasteiger partial charge on any atom is -0.381 e. The van der Waals surface area contributed by atoms with Crippen LogP contribution in [0.1, 0.15) is 41.5 Å². The Labute approximate surface area is 145 Å². The summed E-state index contributed by atoms with van der Waals surface area (Å²) in [6.45, 7) is 3.10. The van der Waals surface area contributed by atoms with Crippen LogP contribution in [0.2, 0.25) is 0 Å². The number of H-pyrrole nitrogens is 1. The lowest BCUT2D eigenvalue weighted by molar-refractivity contribution is -0.137. The van der Waals surface area contributed by atoms with E-state index in [4.69, 9.17) is 4.74 Å². The summed E-state index contributed by atoms with van der Waals surface area (Å²) >= 11 is 0. The van der Waals surface area contributed by atoms with Gasteiger partial charge < -0.3 is 19.5 Å². The molecule has 134 valence electrons. The van der Waals surface area contributed by atoms with Crippen molar-refractivity contribution in [3.8, 4) is 0 Å². The van der Waals surface area contributed by atoms with Crippen LogP contribution in [0.25, 0.3) is 0 Å². The number of hydrogen-bond donors (Lipinski definition) is 1. The Bertz CT molecular complexity index is 728. The van der Waals surface area contributed by atoms with E-state index in [0.717, 1.165) is 19.3 Å². The van der Waals surface area contributed by atoms with Crippen LogP contribution in [0.15, 0.2) is 10.9 Å². The Morgan fingerprint density at radius 1 is 1.12 bits per heavy atom. The molecule has 3 fully saturated rings. The summed E-state index contributed by atoms with van der Waals surface area (Å²) in [6, 6.07) is 1.27. The average Bonchev–Trinajstić information content (AvgIpc) is 3.35. The molecule has 8 heteroatoms. The zero-order valence-electron chi connectivity index (χ0n) is 14.1. The first-order chi connectivity index (χ1) is 12.1. The van der Waals surface area contributed by atoms with E-state index in [0.29, 0.717) is 45.2 Å². The lowest BCUT2D eigenvalue weighted by Gasteiger charge is -2.35. The largest absolute Gasteiger partial charge is 0.381 e. The van der Waals surface area contributed by atoms with Crippen molar-refractivity contribution >= 4 is 11.8 Å². The van der Waals surface area contributed by atoms with Crippen LogP contribution in [0.3, 0.4) is 0 Å². The summed E-state index contributed by atoms with van der Waals surface area (Å²) in [5, 5.41) is 0. The zero-order chi connectivity index (χ0) is 17.4. The number of nitrogens with one attached hydrogen (secondary N) is 1. The van der Waals surface area contributed by atoms with Gasteiger partial charge in [0.1, 0.15) is 11.5 Å². The number of ether oxygens (including phenoxy) is 1. The summed E-state index contributed by atoms with van der Waals surface area (Å²) in [5.41, 5.74) is -0.0788. The van der Waals surface area contributed by atoms with E-state index in [1.54, 1.807) is 4.90 Å². The summed E-state index contributed by atoms with van der Waals surface area (Å²) in [4.78, 5) is 47.4. The van der Waals surface area contributed by atoms with E-state index < -0.39 is 0 Å². The molecule has 3 heterocycles. The summed E-state index contributed by atoms with van der Waals surface area (Å²) < 4.78 is 5.28. The second kappa shape index (κ2) is 6.59. The van der Waals surface area contributed by atoms with Gasteiger partial charge in [-0.1, -0.05) is 0 Å².